The van der Waals surface area contributed by atoms with Crippen LogP contribution in [0.5, 0.6) is 0 Å². The van der Waals surface area contributed by atoms with Crippen LogP contribution >= 0.6 is 0 Å². The molecule has 1 unspecified atom stereocenters. The fraction of sp³-hybridized carbons (Fsp3) is 0.500. The maximum Gasteiger partial charge on any atom is 0.264 e. The SMILES string of the molecule is CCC(COC)N1C(=O)c2cccc(N=NC3=C(OC)CC(C)(C)CC3=O)c2C1=O. The number of carbonyl (C=O) groups excluding carboxylic acids is 3. The van der Waals surface area contributed by atoms with Crippen molar-refractivity contribution in [3.63, 3.8) is 0 Å². The zero-order valence-electron chi connectivity index (χ0n) is 18.0. The minimum absolute atomic E-state index is 0.158. The standard InChI is InChI=1S/C22H27N3O5/c1-6-13(12-29-4)25-20(27)14-8-7-9-15(18(14)21(25)28)23-24-19-16(26)10-22(2,3)11-17(19)30-5/h7-9,13H,6,10-12H2,1-5H3. The van der Waals surface area contributed by atoms with Crippen molar-refractivity contribution in [1.82, 2.24) is 4.90 Å². The molecule has 0 spiro atoms. The minimum atomic E-state index is -0.425. The Kier molecular flexibility index (Phi) is 6.17. The second-order valence-electron chi connectivity index (χ2n) is 8.31. The fourth-order valence-corrected chi connectivity index (χ4v) is 3.91. The number of Topliss-reactive ketones (excluding diaryl/α,β-unsaturated/α-hetero) is 1. The predicted octanol–water partition coefficient (Wildman–Crippen LogP) is 4.04. The molecule has 160 valence electrons. The first kappa shape index (κ1) is 21.8. The molecule has 0 aromatic heterocycles. The Bertz CT molecular complexity index is 948. The average Bonchev–Trinajstić information content (AvgIpc) is 2.95. The molecule has 1 heterocycles. The molecule has 0 N–H and O–H groups in total. The molecule has 0 saturated carbocycles. The number of benzene rings is 1. The molecular weight excluding hydrogens is 386 g/mol. The molecule has 8 heteroatoms. The third-order valence-corrected chi connectivity index (χ3v) is 5.43. The highest BCUT2D eigenvalue weighted by Gasteiger charge is 2.41. The average molecular weight is 413 g/mol. The van der Waals surface area contributed by atoms with Gasteiger partial charge in [-0.2, -0.15) is 0 Å². The number of rotatable bonds is 7. The van der Waals surface area contributed by atoms with E-state index in [-0.39, 0.29) is 52.3 Å². The molecule has 1 atom stereocenters. The monoisotopic (exact) mass is 413 g/mol. The van der Waals surface area contributed by atoms with E-state index in [4.69, 9.17) is 9.47 Å². The van der Waals surface area contributed by atoms with Gasteiger partial charge in [0.25, 0.3) is 11.8 Å². The van der Waals surface area contributed by atoms with Crippen LogP contribution in [0.1, 0.15) is 60.7 Å². The van der Waals surface area contributed by atoms with E-state index in [9.17, 15) is 14.4 Å². The Morgan fingerprint density at radius 3 is 2.47 bits per heavy atom. The number of fused-ring (bicyclic) bond motifs is 1. The summed E-state index contributed by atoms with van der Waals surface area (Å²) in [6.45, 7) is 6.13. The van der Waals surface area contributed by atoms with Crippen molar-refractivity contribution < 1.29 is 23.9 Å². The number of ketones is 1. The highest BCUT2D eigenvalue weighted by molar-refractivity contribution is 6.23. The molecule has 3 rings (SSSR count). The van der Waals surface area contributed by atoms with Gasteiger partial charge in [0.2, 0.25) is 0 Å². The van der Waals surface area contributed by atoms with Gasteiger partial charge in [-0.05, 0) is 24.0 Å². The topological polar surface area (TPSA) is 97.6 Å². The van der Waals surface area contributed by atoms with Crippen molar-refractivity contribution in [2.75, 3.05) is 20.8 Å². The summed E-state index contributed by atoms with van der Waals surface area (Å²) in [5, 5.41) is 8.32. The van der Waals surface area contributed by atoms with E-state index in [1.807, 2.05) is 20.8 Å². The summed E-state index contributed by atoms with van der Waals surface area (Å²) < 4.78 is 10.5. The summed E-state index contributed by atoms with van der Waals surface area (Å²) >= 11 is 0. The van der Waals surface area contributed by atoms with E-state index in [0.717, 1.165) is 0 Å². The third kappa shape index (κ3) is 3.92. The molecule has 1 aromatic rings. The van der Waals surface area contributed by atoms with Crippen molar-refractivity contribution in [3.8, 4) is 0 Å². The van der Waals surface area contributed by atoms with Gasteiger partial charge in [0.1, 0.15) is 5.76 Å². The van der Waals surface area contributed by atoms with Gasteiger partial charge >= 0.3 is 0 Å². The van der Waals surface area contributed by atoms with Gasteiger partial charge in [0.15, 0.2) is 11.5 Å². The first-order valence-corrected chi connectivity index (χ1v) is 9.96. The van der Waals surface area contributed by atoms with Crippen LogP contribution < -0.4 is 0 Å². The Balaban J connectivity index is 1.99. The van der Waals surface area contributed by atoms with Gasteiger partial charge in [0.05, 0.1) is 36.6 Å². The summed E-state index contributed by atoms with van der Waals surface area (Å²) in [5.41, 5.74) is 0.677. The first-order valence-electron chi connectivity index (χ1n) is 9.96. The predicted molar refractivity (Wildman–Crippen MR) is 109 cm³/mol. The quantitative estimate of drug-likeness (QED) is 0.496. The molecule has 1 aliphatic carbocycles. The molecule has 0 bridgehead atoms. The van der Waals surface area contributed by atoms with Gasteiger partial charge in [-0.1, -0.05) is 26.8 Å². The van der Waals surface area contributed by atoms with Crippen LogP contribution in [-0.4, -0.2) is 49.4 Å². The normalized spacial score (nSPS) is 19.6. The number of allylic oxidation sites excluding steroid dienone is 2. The van der Waals surface area contributed by atoms with E-state index in [0.29, 0.717) is 25.0 Å². The maximum absolute atomic E-state index is 13.1. The minimum Gasteiger partial charge on any atom is -0.499 e. The van der Waals surface area contributed by atoms with Gasteiger partial charge in [-0.15, -0.1) is 10.2 Å². The smallest absolute Gasteiger partial charge is 0.264 e. The molecule has 8 nitrogen and oxygen atoms in total. The molecule has 1 aromatic carbocycles. The lowest BCUT2D eigenvalue weighted by Crippen LogP contribution is -2.42. The molecule has 0 fully saturated rings. The van der Waals surface area contributed by atoms with Gasteiger partial charge in [0, 0.05) is 20.0 Å². The van der Waals surface area contributed by atoms with Crippen LogP contribution in [0, 0.1) is 5.41 Å². The van der Waals surface area contributed by atoms with Gasteiger partial charge in [-0.25, -0.2) is 0 Å². The number of hydrogen-bond acceptors (Lipinski definition) is 7. The van der Waals surface area contributed by atoms with E-state index >= 15 is 0 Å². The van der Waals surface area contributed by atoms with Crippen molar-refractivity contribution in [1.29, 1.82) is 0 Å². The molecular formula is C22H27N3O5. The molecule has 0 radical (unpaired) electrons. The Morgan fingerprint density at radius 1 is 1.10 bits per heavy atom. The Morgan fingerprint density at radius 2 is 1.83 bits per heavy atom. The van der Waals surface area contributed by atoms with E-state index in [1.165, 1.54) is 19.1 Å². The Hall–Kier alpha value is -2.87. The summed E-state index contributed by atoms with van der Waals surface area (Å²) in [4.78, 5) is 39.7. The lowest BCUT2D eigenvalue weighted by atomic mass is 9.78. The Labute approximate surface area is 175 Å². The zero-order chi connectivity index (χ0) is 22.1. The van der Waals surface area contributed by atoms with Gasteiger partial charge in [-0.3, -0.25) is 19.3 Å². The number of imide groups is 1. The van der Waals surface area contributed by atoms with Gasteiger partial charge < -0.3 is 9.47 Å². The second-order valence-corrected chi connectivity index (χ2v) is 8.31. The fourth-order valence-electron chi connectivity index (χ4n) is 3.91. The molecule has 2 amide bonds. The molecule has 0 saturated heterocycles. The van der Waals surface area contributed by atoms with Crippen LogP contribution in [0.2, 0.25) is 0 Å². The number of methoxy groups -OCH3 is 2. The summed E-state index contributed by atoms with van der Waals surface area (Å²) in [5.74, 6) is -0.480. The van der Waals surface area contributed by atoms with Crippen LogP contribution in [0.15, 0.2) is 39.9 Å². The number of nitrogens with zero attached hydrogens (tertiary/aromatic N) is 3. The number of ether oxygens (including phenoxy) is 2. The molecule has 30 heavy (non-hydrogen) atoms. The number of azo groups is 1. The lowest BCUT2D eigenvalue weighted by Gasteiger charge is -2.29. The van der Waals surface area contributed by atoms with E-state index in [1.54, 1.807) is 18.2 Å². The summed E-state index contributed by atoms with van der Waals surface area (Å²) in [6.07, 6.45) is 1.48. The van der Waals surface area contributed by atoms with Crippen LogP contribution in [0.3, 0.4) is 0 Å². The van der Waals surface area contributed by atoms with Crippen molar-refractivity contribution >= 4 is 23.3 Å². The molecule has 2 aliphatic rings. The zero-order valence-corrected chi connectivity index (χ0v) is 18.0. The van der Waals surface area contributed by atoms with Crippen molar-refractivity contribution in [3.05, 3.63) is 40.8 Å². The summed E-state index contributed by atoms with van der Waals surface area (Å²) in [6, 6.07) is 4.49. The van der Waals surface area contributed by atoms with Crippen LogP contribution in [0.4, 0.5) is 5.69 Å². The van der Waals surface area contributed by atoms with Crippen molar-refractivity contribution in [2.24, 2.45) is 15.6 Å². The maximum atomic E-state index is 13.1. The number of amides is 2. The second kappa shape index (κ2) is 8.47. The van der Waals surface area contributed by atoms with E-state index in [2.05, 4.69) is 10.2 Å². The van der Waals surface area contributed by atoms with Crippen LogP contribution in [-0.2, 0) is 14.3 Å². The number of carbonyl (C=O) groups is 3. The van der Waals surface area contributed by atoms with Crippen LogP contribution in [0.25, 0.3) is 0 Å². The first-order chi connectivity index (χ1) is 14.2. The summed E-state index contributed by atoms with van der Waals surface area (Å²) in [7, 11) is 3.03. The van der Waals surface area contributed by atoms with Crippen molar-refractivity contribution in [2.45, 2.75) is 46.1 Å². The third-order valence-electron chi connectivity index (χ3n) is 5.43. The highest BCUT2D eigenvalue weighted by atomic mass is 16.5. The number of hydrogen-bond donors (Lipinski definition) is 0. The molecule has 1 aliphatic heterocycles. The van der Waals surface area contributed by atoms with E-state index < -0.39 is 5.91 Å². The highest BCUT2D eigenvalue weighted by Crippen LogP contribution is 2.38. The largest absolute Gasteiger partial charge is 0.499 e. The lowest BCUT2D eigenvalue weighted by molar-refractivity contribution is -0.118.